The van der Waals surface area contributed by atoms with Crippen LogP contribution in [0.2, 0.25) is 0 Å². The van der Waals surface area contributed by atoms with E-state index >= 15 is 0 Å². The molecule has 2 N–H and O–H groups in total. The molecule has 0 bridgehead atoms. The van der Waals surface area contributed by atoms with Crippen LogP contribution in [0, 0.1) is 0 Å². The number of carbonyl (C=O) groups excluding carboxylic acids is 1. The van der Waals surface area contributed by atoms with Crippen LogP contribution < -0.4 is 5.32 Å². The van der Waals surface area contributed by atoms with E-state index in [4.69, 9.17) is 5.11 Å². The summed E-state index contributed by atoms with van der Waals surface area (Å²) in [6, 6.07) is 0. The zero-order chi connectivity index (χ0) is 14.5. The molecule has 20 heavy (non-hydrogen) atoms. The predicted molar refractivity (Wildman–Crippen MR) is 70.8 cm³/mol. The topological polar surface area (TPSA) is 118 Å². The minimum Gasteiger partial charge on any atom is -0.476 e. The first-order chi connectivity index (χ1) is 9.60. The van der Waals surface area contributed by atoms with Gasteiger partial charge in [-0.15, -0.1) is 10.2 Å². The number of aromatic nitrogens is 4. The molecule has 0 aliphatic carbocycles. The van der Waals surface area contributed by atoms with E-state index < -0.39 is 11.9 Å². The van der Waals surface area contributed by atoms with Gasteiger partial charge in [0.05, 0.1) is 12.4 Å². The second-order valence-corrected chi connectivity index (χ2v) is 4.86. The minimum absolute atomic E-state index is 0.0160. The van der Waals surface area contributed by atoms with Crippen LogP contribution in [-0.4, -0.2) is 37.1 Å². The molecule has 2 rings (SSSR count). The highest BCUT2D eigenvalue weighted by atomic mass is 32.1. The Balaban J connectivity index is 2.05. The number of nitrogens with one attached hydrogen (secondary N) is 1. The van der Waals surface area contributed by atoms with Crippen LogP contribution in [0.5, 0.6) is 0 Å². The molecule has 0 aliphatic heterocycles. The Hall–Kier alpha value is -2.42. The van der Waals surface area contributed by atoms with Crippen LogP contribution >= 0.6 is 11.3 Å². The average Bonchev–Trinajstić information content (AvgIpc) is 2.86. The maximum Gasteiger partial charge on any atom is 0.356 e. The fourth-order valence-electron chi connectivity index (χ4n) is 1.34. The van der Waals surface area contributed by atoms with Gasteiger partial charge in [0.15, 0.2) is 5.69 Å². The summed E-state index contributed by atoms with van der Waals surface area (Å²) in [6.07, 6.45) is 3.89. The Labute approximate surface area is 117 Å². The van der Waals surface area contributed by atoms with Gasteiger partial charge in [-0.25, -0.2) is 14.8 Å². The van der Waals surface area contributed by atoms with Gasteiger partial charge in [0.1, 0.15) is 10.7 Å². The van der Waals surface area contributed by atoms with E-state index in [0.29, 0.717) is 5.13 Å². The Morgan fingerprint density at radius 1 is 1.25 bits per heavy atom. The Morgan fingerprint density at radius 2 is 1.95 bits per heavy atom. The number of aryl methyl sites for hydroxylation is 1. The zero-order valence-electron chi connectivity index (χ0n) is 10.5. The molecule has 0 aliphatic rings. The van der Waals surface area contributed by atoms with Crippen molar-refractivity contribution in [2.24, 2.45) is 0 Å². The number of amides is 1. The third-order valence-corrected chi connectivity index (χ3v) is 3.15. The van der Waals surface area contributed by atoms with E-state index in [1.54, 1.807) is 0 Å². The van der Waals surface area contributed by atoms with E-state index in [0.717, 1.165) is 30.2 Å². The van der Waals surface area contributed by atoms with Crippen LogP contribution in [0.3, 0.4) is 0 Å². The summed E-state index contributed by atoms with van der Waals surface area (Å²) in [5.41, 5.74) is -0.204. The van der Waals surface area contributed by atoms with Gasteiger partial charge in [-0.05, 0) is 6.42 Å². The van der Waals surface area contributed by atoms with Crippen LogP contribution in [0.1, 0.15) is 39.3 Å². The first-order valence-electron chi connectivity index (χ1n) is 5.79. The summed E-state index contributed by atoms with van der Waals surface area (Å²) in [6.45, 7) is 2.03. The van der Waals surface area contributed by atoms with Crippen molar-refractivity contribution < 1.29 is 14.7 Å². The van der Waals surface area contributed by atoms with Crippen molar-refractivity contribution in [1.29, 1.82) is 0 Å². The normalized spacial score (nSPS) is 10.2. The molecule has 0 unspecified atom stereocenters. The highest BCUT2D eigenvalue weighted by Gasteiger charge is 2.13. The molecule has 104 valence electrons. The largest absolute Gasteiger partial charge is 0.476 e. The number of nitrogens with zero attached hydrogens (tertiary/aromatic N) is 4. The van der Waals surface area contributed by atoms with Crippen molar-refractivity contribution >= 4 is 28.3 Å². The number of carbonyl (C=O) groups is 2. The Bertz CT molecular complexity index is 625. The molecule has 0 saturated carbocycles. The summed E-state index contributed by atoms with van der Waals surface area (Å²) in [4.78, 5) is 29.8. The first-order valence-corrected chi connectivity index (χ1v) is 6.61. The van der Waals surface area contributed by atoms with Gasteiger partial charge in [-0.2, -0.15) is 0 Å². The van der Waals surface area contributed by atoms with Crippen LogP contribution in [0.25, 0.3) is 0 Å². The van der Waals surface area contributed by atoms with Crippen molar-refractivity contribution in [3.63, 3.8) is 0 Å². The van der Waals surface area contributed by atoms with Crippen LogP contribution in [0.15, 0.2) is 12.4 Å². The van der Waals surface area contributed by atoms with Crippen molar-refractivity contribution in [2.45, 2.75) is 19.8 Å². The fourth-order valence-corrected chi connectivity index (χ4v) is 2.17. The van der Waals surface area contributed by atoms with Gasteiger partial charge in [-0.3, -0.25) is 10.1 Å². The molecule has 2 aromatic rings. The first kappa shape index (κ1) is 14.0. The molecule has 0 aromatic carbocycles. The van der Waals surface area contributed by atoms with Gasteiger partial charge in [0.25, 0.3) is 5.91 Å². The summed E-state index contributed by atoms with van der Waals surface area (Å²) in [5.74, 6) is -1.70. The lowest BCUT2D eigenvalue weighted by Gasteiger charge is -2.00. The van der Waals surface area contributed by atoms with Gasteiger partial charge in [-0.1, -0.05) is 18.3 Å². The SMILES string of the molecule is CCCc1nnc(NC(=O)c2cnc(C(=O)O)cn2)s1. The highest BCUT2D eigenvalue weighted by Crippen LogP contribution is 2.16. The smallest absolute Gasteiger partial charge is 0.356 e. The van der Waals surface area contributed by atoms with Gasteiger partial charge >= 0.3 is 5.97 Å². The number of hydrogen-bond acceptors (Lipinski definition) is 7. The van der Waals surface area contributed by atoms with Crippen LogP contribution in [-0.2, 0) is 6.42 Å². The standard InChI is InChI=1S/C11H11N5O3S/c1-2-3-8-15-16-11(20-8)14-9(17)6-4-13-7(5-12-6)10(18)19/h4-5H,2-3H2,1H3,(H,18,19)(H,14,16,17). The quantitative estimate of drug-likeness (QED) is 0.851. The molecule has 2 aromatic heterocycles. The lowest BCUT2D eigenvalue weighted by molar-refractivity contribution is 0.0689. The average molecular weight is 293 g/mol. The number of anilines is 1. The predicted octanol–water partition coefficient (Wildman–Crippen LogP) is 1.23. The van der Waals surface area contributed by atoms with E-state index in [-0.39, 0.29) is 11.4 Å². The van der Waals surface area contributed by atoms with E-state index in [2.05, 4.69) is 25.5 Å². The molecule has 0 saturated heterocycles. The van der Waals surface area contributed by atoms with Crippen molar-refractivity contribution in [3.8, 4) is 0 Å². The summed E-state index contributed by atoms with van der Waals surface area (Å²) >= 11 is 1.29. The van der Waals surface area contributed by atoms with E-state index in [9.17, 15) is 9.59 Å². The molecule has 0 fully saturated rings. The maximum atomic E-state index is 11.8. The number of carboxylic acid groups (broad SMARTS) is 1. The highest BCUT2D eigenvalue weighted by molar-refractivity contribution is 7.15. The molecule has 2 heterocycles. The summed E-state index contributed by atoms with van der Waals surface area (Å²) in [5, 5.41) is 20.2. The molecule has 9 heteroatoms. The second kappa shape index (κ2) is 6.15. The third-order valence-electron chi connectivity index (χ3n) is 2.25. The summed E-state index contributed by atoms with van der Waals surface area (Å²) in [7, 11) is 0. The maximum absolute atomic E-state index is 11.8. The molecule has 8 nitrogen and oxygen atoms in total. The van der Waals surface area contributed by atoms with Gasteiger partial charge < -0.3 is 5.11 Å². The van der Waals surface area contributed by atoms with Crippen molar-refractivity contribution in [1.82, 2.24) is 20.2 Å². The molecule has 0 spiro atoms. The molecule has 0 radical (unpaired) electrons. The Morgan fingerprint density at radius 3 is 2.55 bits per heavy atom. The molecular formula is C11H11N5O3S. The number of carboxylic acids is 1. The number of aromatic carboxylic acids is 1. The van der Waals surface area contributed by atoms with E-state index in [1.165, 1.54) is 11.3 Å². The van der Waals surface area contributed by atoms with Crippen LogP contribution in [0.4, 0.5) is 5.13 Å². The van der Waals surface area contributed by atoms with Crippen molar-refractivity contribution in [2.75, 3.05) is 5.32 Å². The van der Waals surface area contributed by atoms with E-state index in [1.807, 2.05) is 6.92 Å². The second-order valence-electron chi connectivity index (χ2n) is 3.80. The number of hydrogen-bond donors (Lipinski definition) is 2. The monoisotopic (exact) mass is 293 g/mol. The lowest BCUT2D eigenvalue weighted by atomic mass is 10.4. The summed E-state index contributed by atoms with van der Waals surface area (Å²) < 4.78 is 0. The fraction of sp³-hybridized carbons (Fsp3) is 0.273. The number of rotatable bonds is 5. The van der Waals surface area contributed by atoms with Crippen molar-refractivity contribution in [3.05, 3.63) is 28.8 Å². The Kier molecular flexibility index (Phi) is 4.31. The third kappa shape index (κ3) is 3.32. The minimum atomic E-state index is -1.20. The lowest BCUT2D eigenvalue weighted by Crippen LogP contribution is -2.15. The van der Waals surface area contributed by atoms with Gasteiger partial charge in [0.2, 0.25) is 5.13 Å². The molecule has 1 amide bonds. The molecular weight excluding hydrogens is 282 g/mol. The van der Waals surface area contributed by atoms with Gasteiger partial charge in [0, 0.05) is 6.42 Å². The zero-order valence-corrected chi connectivity index (χ0v) is 11.3. The molecule has 0 atom stereocenters.